The van der Waals surface area contributed by atoms with E-state index in [4.69, 9.17) is 5.73 Å². The number of hydrogen-bond donors (Lipinski definition) is 2. The Morgan fingerprint density at radius 2 is 2.06 bits per heavy atom. The van der Waals surface area contributed by atoms with E-state index in [1.165, 1.54) is 18.4 Å². The first-order chi connectivity index (χ1) is 8.66. The van der Waals surface area contributed by atoms with E-state index in [0.29, 0.717) is 12.3 Å². The maximum Gasteiger partial charge on any atom is 0.237 e. The van der Waals surface area contributed by atoms with Crippen LogP contribution in [0.5, 0.6) is 0 Å². The standard InChI is InChI=1S/C15H22N2O/c1-11(13-8-9-13)17-15(18)14(16)10-7-12-5-3-2-4-6-12/h2-6,11,13-14H,7-10,16H2,1H3,(H,17,18). The third kappa shape index (κ3) is 3.84. The Kier molecular flexibility index (Phi) is 4.37. The molecular formula is C15H22N2O. The number of amides is 1. The minimum Gasteiger partial charge on any atom is -0.352 e. The molecule has 0 bridgehead atoms. The Bertz CT molecular complexity index is 387. The van der Waals surface area contributed by atoms with E-state index < -0.39 is 6.04 Å². The van der Waals surface area contributed by atoms with Gasteiger partial charge in [-0.15, -0.1) is 0 Å². The molecule has 3 nitrogen and oxygen atoms in total. The molecule has 2 unspecified atom stereocenters. The Morgan fingerprint density at radius 1 is 1.39 bits per heavy atom. The van der Waals surface area contributed by atoms with E-state index in [0.717, 1.165) is 6.42 Å². The van der Waals surface area contributed by atoms with Gasteiger partial charge in [0.1, 0.15) is 0 Å². The average Bonchev–Trinajstić information content (AvgIpc) is 3.21. The highest BCUT2D eigenvalue weighted by Gasteiger charge is 2.29. The second kappa shape index (κ2) is 6.01. The maximum atomic E-state index is 11.9. The van der Waals surface area contributed by atoms with Gasteiger partial charge in [-0.05, 0) is 44.1 Å². The highest BCUT2D eigenvalue weighted by atomic mass is 16.2. The molecule has 2 atom stereocenters. The van der Waals surface area contributed by atoms with Crippen molar-refractivity contribution >= 4 is 5.91 Å². The first-order valence-electron chi connectivity index (χ1n) is 6.76. The largest absolute Gasteiger partial charge is 0.352 e. The van der Waals surface area contributed by atoms with Gasteiger partial charge in [0, 0.05) is 6.04 Å². The molecule has 3 N–H and O–H groups in total. The number of hydrogen-bond acceptors (Lipinski definition) is 2. The first kappa shape index (κ1) is 13.1. The Balaban J connectivity index is 1.73. The van der Waals surface area contributed by atoms with Crippen molar-refractivity contribution < 1.29 is 4.79 Å². The summed E-state index contributed by atoms with van der Waals surface area (Å²) in [6.45, 7) is 2.07. The summed E-state index contributed by atoms with van der Waals surface area (Å²) in [5.74, 6) is 0.667. The van der Waals surface area contributed by atoms with Gasteiger partial charge >= 0.3 is 0 Å². The van der Waals surface area contributed by atoms with Crippen LogP contribution in [0.4, 0.5) is 0 Å². The molecule has 0 aromatic heterocycles. The van der Waals surface area contributed by atoms with Crippen LogP contribution in [0.1, 0.15) is 31.7 Å². The van der Waals surface area contributed by atoms with Crippen LogP contribution < -0.4 is 11.1 Å². The topological polar surface area (TPSA) is 55.1 Å². The number of carbonyl (C=O) groups excluding carboxylic acids is 1. The fourth-order valence-corrected chi connectivity index (χ4v) is 2.14. The van der Waals surface area contributed by atoms with Crippen LogP contribution in [0.15, 0.2) is 30.3 Å². The normalized spacial score (nSPS) is 18.1. The molecule has 1 aromatic carbocycles. The molecular weight excluding hydrogens is 224 g/mol. The monoisotopic (exact) mass is 246 g/mol. The van der Waals surface area contributed by atoms with Gasteiger partial charge in [-0.25, -0.2) is 0 Å². The van der Waals surface area contributed by atoms with Crippen molar-refractivity contribution in [2.75, 3.05) is 0 Å². The smallest absolute Gasteiger partial charge is 0.237 e. The van der Waals surface area contributed by atoms with Crippen LogP contribution in [0.25, 0.3) is 0 Å². The van der Waals surface area contributed by atoms with Gasteiger partial charge in [0.15, 0.2) is 0 Å². The molecule has 98 valence electrons. The molecule has 1 amide bonds. The van der Waals surface area contributed by atoms with Crippen molar-refractivity contribution in [3.63, 3.8) is 0 Å². The SMILES string of the molecule is CC(NC(=O)C(N)CCc1ccccc1)C1CC1. The zero-order valence-corrected chi connectivity index (χ0v) is 10.9. The second-order valence-electron chi connectivity index (χ2n) is 5.27. The zero-order valence-electron chi connectivity index (χ0n) is 10.9. The molecule has 0 spiro atoms. The predicted molar refractivity (Wildman–Crippen MR) is 73.1 cm³/mol. The highest BCUT2D eigenvalue weighted by molar-refractivity contribution is 5.81. The summed E-state index contributed by atoms with van der Waals surface area (Å²) in [6.07, 6.45) is 4.03. The van der Waals surface area contributed by atoms with E-state index in [2.05, 4.69) is 24.4 Å². The second-order valence-corrected chi connectivity index (χ2v) is 5.27. The number of rotatable bonds is 6. The summed E-state index contributed by atoms with van der Waals surface area (Å²) in [5, 5.41) is 3.01. The lowest BCUT2D eigenvalue weighted by Crippen LogP contribution is -2.45. The molecule has 0 heterocycles. The Morgan fingerprint density at radius 3 is 2.67 bits per heavy atom. The van der Waals surface area contributed by atoms with Crippen molar-refractivity contribution in [2.45, 2.75) is 44.7 Å². The average molecular weight is 246 g/mol. The Labute approximate surface area is 109 Å². The van der Waals surface area contributed by atoms with Gasteiger partial charge in [-0.1, -0.05) is 30.3 Å². The molecule has 3 heteroatoms. The van der Waals surface area contributed by atoms with E-state index >= 15 is 0 Å². The first-order valence-corrected chi connectivity index (χ1v) is 6.76. The number of benzene rings is 1. The molecule has 0 radical (unpaired) electrons. The Hall–Kier alpha value is -1.35. The van der Waals surface area contributed by atoms with Crippen LogP contribution in [-0.4, -0.2) is 18.0 Å². The summed E-state index contributed by atoms with van der Waals surface area (Å²) in [7, 11) is 0. The number of aryl methyl sites for hydroxylation is 1. The van der Waals surface area contributed by atoms with Crippen molar-refractivity contribution in [3.8, 4) is 0 Å². The lowest BCUT2D eigenvalue weighted by atomic mass is 10.0. The minimum absolute atomic E-state index is 0.00895. The van der Waals surface area contributed by atoms with Crippen LogP contribution in [0.2, 0.25) is 0 Å². The molecule has 1 aromatic rings. The summed E-state index contributed by atoms with van der Waals surface area (Å²) in [4.78, 5) is 11.9. The van der Waals surface area contributed by atoms with Crippen LogP contribution in [0.3, 0.4) is 0 Å². The van der Waals surface area contributed by atoms with Crippen molar-refractivity contribution in [3.05, 3.63) is 35.9 Å². The lowest BCUT2D eigenvalue weighted by molar-refractivity contribution is -0.123. The fourth-order valence-electron chi connectivity index (χ4n) is 2.14. The van der Waals surface area contributed by atoms with Gasteiger partial charge < -0.3 is 11.1 Å². The van der Waals surface area contributed by atoms with E-state index in [-0.39, 0.29) is 11.9 Å². The van der Waals surface area contributed by atoms with E-state index in [1.54, 1.807) is 0 Å². The van der Waals surface area contributed by atoms with Gasteiger partial charge in [0.25, 0.3) is 0 Å². The van der Waals surface area contributed by atoms with Crippen LogP contribution >= 0.6 is 0 Å². The van der Waals surface area contributed by atoms with Gasteiger partial charge in [0.05, 0.1) is 6.04 Å². The maximum absolute atomic E-state index is 11.9. The van der Waals surface area contributed by atoms with E-state index in [9.17, 15) is 4.79 Å². The number of nitrogens with one attached hydrogen (secondary N) is 1. The van der Waals surface area contributed by atoms with Crippen LogP contribution in [0, 0.1) is 5.92 Å². The third-order valence-corrected chi connectivity index (χ3v) is 3.62. The summed E-state index contributed by atoms with van der Waals surface area (Å²) in [6, 6.07) is 10.0. The quantitative estimate of drug-likeness (QED) is 0.805. The number of nitrogens with two attached hydrogens (primary N) is 1. The fraction of sp³-hybridized carbons (Fsp3) is 0.533. The predicted octanol–water partition coefficient (Wildman–Crippen LogP) is 1.86. The number of carbonyl (C=O) groups is 1. The lowest BCUT2D eigenvalue weighted by Gasteiger charge is -2.17. The van der Waals surface area contributed by atoms with Crippen molar-refractivity contribution in [1.82, 2.24) is 5.32 Å². The molecule has 0 aliphatic heterocycles. The molecule has 1 saturated carbocycles. The van der Waals surface area contributed by atoms with Crippen molar-refractivity contribution in [2.24, 2.45) is 11.7 Å². The third-order valence-electron chi connectivity index (χ3n) is 3.62. The van der Waals surface area contributed by atoms with Gasteiger partial charge in [-0.2, -0.15) is 0 Å². The summed E-state index contributed by atoms with van der Waals surface area (Å²) < 4.78 is 0. The molecule has 1 aliphatic carbocycles. The molecule has 2 rings (SSSR count). The molecule has 1 fully saturated rings. The van der Waals surface area contributed by atoms with Crippen LogP contribution in [-0.2, 0) is 11.2 Å². The summed E-state index contributed by atoms with van der Waals surface area (Å²) >= 11 is 0. The van der Waals surface area contributed by atoms with E-state index in [1.807, 2.05) is 18.2 Å². The molecule has 18 heavy (non-hydrogen) atoms. The van der Waals surface area contributed by atoms with Gasteiger partial charge in [-0.3, -0.25) is 4.79 Å². The minimum atomic E-state index is -0.397. The zero-order chi connectivity index (χ0) is 13.0. The van der Waals surface area contributed by atoms with Gasteiger partial charge in [0.2, 0.25) is 5.91 Å². The highest BCUT2D eigenvalue weighted by Crippen LogP contribution is 2.32. The van der Waals surface area contributed by atoms with Crippen molar-refractivity contribution in [1.29, 1.82) is 0 Å². The summed E-state index contributed by atoms with van der Waals surface area (Å²) in [5.41, 5.74) is 7.15. The molecule has 1 aliphatic rings. The molecule has 0 saturated heterocycles.